The Bertz CT molecular complexity index is 1080. The zero-order valence-electron chi connectivity index (χ0n) is 29.0. The molecule has 8 atom stereocenters. The molecule has 0 saturated heterocycles. The molecule has 41 heavy (non-hydrogen) atoms. The molecule has 0 heterocycles. The summed E-state index contributed by atoms with van der Waals surface area (Å²) in [6.07, 6.45) is 12.1. The zero-order valence-corrected chi connectivity index (χ0v) is 31.0. The fourth-order valence-corrected chi connectivity index (χ4v) is 11.3. The molecule has 0 aromatic carbocycles. The van der Waals surface area contributed by atoms with Crippen molar-refractivity contribution in [2.45, 2.75) is 162 Å². The van der Waals surface area contributed by atoms with E-state index in [4.69, 9.17) is 13.6 Å². The number of carbonyl (C=O) groups excluding carboxylic acids is 1. The van der Waals surface area contributed by atoms with Crippen LogP contribution in [0.15, 0.2) is 23.3 Å². The summed E-state index contributed by atoms with van der Waals surface area (Å²) in [6.45, 7) is 32.5. The molecule has 234 valence electrons. The summed E-state index contributed by atoms with van der Waals surface area (Å²) in [5, 5.41) is 0.345. The summed E-state index contributed by atoms with van der Waals surface area (Å²) in [7, 11) is -3.93. The highest BCUT2D eigenvalue weighted by molar-refractivity contribution is 6.74. The van der Waals surface area contributed by atoms with E-state index in [1.54, 1.807) is 18.1 Å². The predicted octanol–water partition coefficient (Wildman–Crippen LogP) is 9.83. The van der Waals surface area contributed by atoms with Crippen LogP contribution in [0, 0.1) is 28.6 Å². The summed E-state index contributed by atoms with van der Waals surface area (Å²) < 4.78 is 20.4. The van der Waals surface area contributed by atoms with Crippen LogP contribution in [0.3, 0.4) is 0 Å². The first kappa shape index (κ1) is 33.2. The maximum Gasteiger partial charge on any atom is 0.302 e. The van der Waals surface area contributed by atoms with Crippen molar-refractivity contribution in [3.63, 3.8) is 0 Å². The van der Waals surface area contributed by atoms with E-state index >= 15 is 0 Å². The van der Waals surface area contributed by atoms with Gasteiger partial charge in [-0.15, -0.1) is 0 Å². The number of allylic oxidation sites excluding steroid dienone is 3. The summed E-state index contributed by atoms with van der Waals surface area (Å²) in [6, 6.07) is 0. The molecular formula is C35H62O4Si2. The highest BCUT2D eigenvalue weighted by Crippen LogP contribution is 2.66. The number of fused-ring (bicyclic) bond motifs is 5. The molecule has 0 aromatic heterocycles. The second kappa shape index (κ2) is 10.7. The van der Waals surface area contributed by atoms with E-state index in [0.717, 1.165) is 19.3 Å². The molecule has 0 aromatic rings. The Morgan fingerprint density at radius 1 is 0.902 bits per heavy atom. The van der Waals surface area contributed by atoms with Crippen LogP contribution < -0.4 is 0 Å². The molecule has 4 aliphatic rings. The molecule has 0 bridgehead atoms. The van der Waals surface area contributed by atoms with Crippen molar-refractivity contribution in [3.05, 3.63) is 23.3 Å². The smallest absolute Gasteiger partial charge is 0.302 e. The van der Waals surface area contributed by atoms with Gasteiger partial charge in [-0.25, -0.2) is 0 Å². The molecule has 3 fully saturated rings. The van der Waals surface area contributed by atoms with Crippen molar-refractivity contribution >= 4 is 22.6 Å². The van der Waals surface area contributed by atoms with Crippen LogP contribution in [0.1, 0.15) is 108 Å². The van der Waals surface area contributed by atoms with Gasteiger partial charge in [-0.1, -0.05) is 78.7 Å². The van der Waals surface area contributed by atoms with Crippen LogP contribution >= 0.6 is 0 Å². The van der Waals surface area contributed by atoms with Crippen LogP contribution in [0.5, 0.6) is 0 Å². The van der Waals surface area contributed by atoms with E-state index in [-0.39, 0.29) is 45.2 Å². The average molecular weight is 603 g/mol. The molecule has 4 aliphatic carbocycles. The lowest BCUT2D eigenvalue weighted by Crippen LogP contribution is -2.58. The van der Waals surface area contributed by atoms with Gasteiger partial charge in [0.1, 0.15) is 6.10 Å². The van der Waals surface area contributed by atoms with Crippen molar-refractivity contribution in [2.24, 2.45) is 28.6 Å². The minimum Gasteiger partial charge on any atom is -0.463 e. The number of hydrogen-bond acceptors (Lipinski definition) is 4. The van der Waals surface area contributed by atoms with Crippen LogP contribution in [-0.2, 0) is 18.4 Å². The fourth-order valence-electron chi connectivity index (χ4n) is 8.55. The van der Waals surface area contributed by atoms with Gasteiger partial charge in [-0.2, -0.15) is 0 Å². The van der Waals surface area contributed by atoms with Crippen molar-refractivity contribution in [1.29, 1.82) is 0 Å². The van der Waals surface area contributed by atoms with Crippen molar-refractivity contribution in [1.82, 2.24) is 0 Å². The standard InChI is InChI=1S/C35H62O4Si2/c1-23(37-24(2)36)28-17-18-29-27-16-15-25-21-26(38-40(11,12)32(3,4)5)22-31(39-41(13,14)33(6,7)8)35(25,10)30(27)19-20-34(28,29)9/h15-16,23,26,28-31H,17-22H2,1-14H3/t23-,26+,28+,29-,30-,31-,34+,35-/m0/s1. The van der Waals surface area contributed by atoms with E-state index in [9.17, 15) is 4.79 Å². The summed E-state index contributed by atoms with van der Waals surface area (Å²) in [5.41, 5.74) is 3.37. The monoisotopic (exact) mass is 602 g/mol. The van der Waals surface area contributed by atoms with Crippen molar-refractivity contribution in [3.8, 4) is 0 Å². The highest BCUT2D eigenvalue weighted by atomic mass is 28.4. The molecule has 6 heteroatoms. The van der Waals surface area contributed by atoms with Gasteiger partial charge < -0.3 is 13.6 Å². The maximum absolute atomic E-state index is 11.8. The molecule has 3 saturated carbocycles. The van der Waals surface area contributed by atoms with Gasteiger partial charge in [-0.3, -0.25) is 4.79 Å². The summed E-state index contributed by atoms with van der Waals surface area (Å²) in [4.78, 5) is 11.8. The Hall–Kier alpha value is -0.696. The van der Waals surface area contributed by atoms with Gasteiger partial charge in [0.15, 0.2) is 16.6 Å². The zero-order chi connectivity index (χ0) is 31.0. The lowest BCUT2D eigenvalue weighted by Gasteiger charge is -2.59. The van der Waals surface area contributed by atoms with Gasteiger partial charge in [0.2, 0.25) is 0 Å². The number of carbonyl (C=O) groups is 1. The van der Waals surface area contributed by atoms with E-state index < -0.39 is 16.6 Å². The largest absolute Gasteiger partial charge is 0.463 e. The number of ether oxygens (including phenoxy) is 1. The first-order valence-electron chi connectivity index (χ1n) is 16.5. The third-order valence-electron chi connectivity index (χ3n) is 13.1. The Labute approximate surface area is 254 Å². The second-order valence-corrected chi connectivity index (χ2v) is 27.1. The average Bonchev–Trinajstić information content (AvgIpc) is 3.15. The fraction of sp³-hybridized carbons (Fsp3) is 0.857. The molecule has 4 rings (SSSR count). The molecule has 4 nitrogen and oxygen atoms in total. The topological polar surface area (TPSA) is 44.8 Å². The Balaban J connectivity index is 1.72. The first-order chi connectivity index (χ1) is 18.5. The number of hydrogen-bond donors (Lipinski definition) is 0. The third kappa shape index (κ3) is 5.78. The summed E-state index contributed by atoms with van der Waals surface area (Å²) >= 11 is 0. The molecular weight excluding hydrogens is 541 g/mol. The molecule has 0 N–H and O–H groups in total. The van der Waals surface area contributed by atoms with E-state index in [0.29, 0.717) is 17.8 Å². The minimum atomic E-state index is -2.02. The number of esters is 1. The predicted molar refractivity (Wildman–Crippen MR) is 176 cm³/mol. The normalized spacial score (nSPS) is 36.9. The molecule has 0 unspecified atom stereocenters. The van der Waals surface area contributed by atoms with Crippen molar-refractivity contribution < 1.29 is 18.4 Å². The molecule has 0 aliphatic heterocycles. The van der Waals surface area contributed by atoms with Gasteiger partial charge in [-0.05, 0) is 99.0 Å². The van der Waals surface area contributed by atoms with Gasteiger partial charge >= 0.3 is 5.97 Å². The quantitative estimate of drug-likeness (QED) is 0.224. The second-order valence-electron chi connectivity index (χ2n) is 17.6. The molecule has 0 amide bonds. The Morgan fingerprint density at radius 3 is 2.05 bits per heavy atom. The van der Waals surface area contributed by atoms with E-state index in [1.807, 2.05) is 0 Å². The molecule has 0 radical (unpaired) electrons. The lowest BCUT2D eigenvalue weighted by molar-refractivity contribution is -0.150. The Morgan fingerprint density at radius 2 is 1.49 bits per heavy atom. The van der Waals surface area contributed by atoms with E-state index in [1.165, 1.54) is 19.3 Å². The van der Waals surface area contributed by atoms with E-state index in [2.05, 4.69) is 101 Å². The molecule has 0 spiro atoms. The summed E-state index contributed by atoms with van der Waals surface area (Å²) in [5.74, 6) is 1.32. The lowest BCUT2D eigenvalue weighted by atomic mass is 9.49. The third-order valence-corrected chi connectivity index (χ3v) is 22.1. The Kier molecular flexibility index (Phi) is 8.69. The first-order valence-corrected chi connectivity index (χ1v) is 22.3. The van der Waals surface area contributed by atoms with Crippen LogP contribution in [-0.4, -0.2) is 40.9 Å². The highest BCUT2D eigenvalue weighted by Gasteiger charge is 2.61. The SMILES string of the molecule is CC(=O)O[C@@H](C)[C@H]1CC[C@H]2C3=CC=C4C[C@@H](O[Si](C)(C)C(C)(C)C)C[C@H](O[Si](C)(C)C(C)(C)C)[C@]4(C)[C@H]3CC[C@]12C. The van der Waals surface area contributed by atoms with Gasteiger partial charge in [0, 0.05) is 18.3 Å². The minimum absolute atomic E-state index is 0.00614. The van der Waals surface area contributed by atoms with Crippen LogP contribution in [0.4, 0.5) is 0 Å². The van der Waals surface area contributed by atoms with Crippen molar-refractivity contribution in [2.75, 3.05) is 0 Å². The van der Waals surface area contributed by atoms with Gasteiger partial charge in [0.25, 0.3) is 0 Å². The number of rotatable bonds is 6. The van der Waals surface area contributed by atoms with Crippen LogP contribution in [0.2, 0.25) is 36.3 Å². The van der Waals surface area contributed by atoms with Gasteiger partial charge in [0.05, 0.1) is 12.2 Å². The maximum atomic E-state index is 11.8. The van der Waals surface area contributed by atoms with Crippen LogP contribution in [0.25, 0.3) is 0 Å².